The van der Waals surface area contributed by atoms with Gasteiger partial charge in [0.15, 0.2) is 0 Å². The predicted molar refractivity (Wildman–Crippen MR) is 90.4 cm³/mol. The minimum Gasteiger partial charge on any atom is -0.0654 e. The van der Waals surface area contributed by atoms with Gasteiger partial charge in [-0.3, -0.25) is 0 Å². The normalized spacial score (nSPS) is 12.8. The van der Waals surface area contributed by atoms with Crippen LogP contribution >= 0.6 is 0 Å². The zero-order chi connectivity index (χ0) is 14.5. The Hall–Kier alpha value is -1.30. The molecular formula is C20H28. The van der Waals surface area contributed by atoms with Gasteiger partial charge >= 0.3 is 0 Å². The Balaban J connectivity index is 2.34. The molecule has 0 aromatic heterocycles. The molecule has 0 bridgehead atoms. The Labute approximate surface area is 124 Å². The van der Waals surface area contributed by atoms with Crippen molar-refractivity contribution in [2.45, 2.75) is 59.8 Å². The van der Waals surface area contributed by atoms with E-state index >= 15 is 0 Å². The maximum atomic E-state index is 2.40. The Morgan fingerprint density at radius 1 is 0.950 bits per heavy atom. The van der Waals surface area contributed by atoms with Crippen LogP contribution in [0.4, 0.5) is 0 Å². The minimum absolute atomic E-state index is 0.834. The highest BCUT2D eigenvalue weighted by Crippen LogP contribution is 2.27. The maximum Gasteiger partial charge on any atom is -0.0149 e. The van der Waals surface area contributed by atoms with Gasteiger partial charge in [-0.25, -0.2) is 0 Å². The van der Waals surface area contributed by atoms with Crippen molar-refractivity contribution in [1.82, 2.24) is 0 Å². The molecule has 20 heavy (non-hydrogen) atoms. The first-order valence-electron chi connectivity index (χ1n) is 8.14. The molecule has 2 aromatic carbocycles. The standard InChI is InChI=1S/C20H28/c1-5-7-8-17(6-2)14-19-12-16(4)11-18-10-9-15(3)13-20(18)19/h9-13,17H,5-8,14H2,1-4H3. The third kappa shape index (κ3) is 3.62. The van der Waals surface area contributed by atoms with Crippen molar-refractivity contribution < 1.29 is 0 Å². The fraction of sp³-hybridized carbons (Fsp3) is 0.500. The number of hydrogen-bond donors (Lipinski definition) is 0. The van der Waals surface area contributed by atoms with Gasteiger partial charge < -0.3 is 0 Å². The number of aryl methyl sites for hydroxylation is 2. The van der Waals surface area contributed by atoms with Gasteiger partial charge in [-0.2, -0.15) is 0 Å². The lowest BCUT2D eigenvalue weighted by Gasteiger charge is -2.17. The molecule has 2 rings (SSSR count). The van der Waals surface area contributed by atoms with Gasteiger partial charge in [0.05, 0.1) is 0 Å². The van der Waals surface area contributed by atoms with Crippen molar-refractivity contribution in [3.8, 4) is 0 Å². The summed E-state index contributed by atoms with van der Waals surface area (Å²) < 4.78 is 0. The Morgan fingerprint density at radius 2 is 1.75 bits per heavy atom. The molecule has 2 aromatic rings. The van der Waals surface area contributed by atoms with E-state index in [4.69, 9.17) is 0 Å². The lowest BCUT2D eigenvalue weighted by atomic mass is 9.88. The van der Waals surface area contributed by atoms with Crippen LogP contribution in [0.3, 0.4) is 0 Å². The molecule has 0 N–H and O–H groups in total. The summed E-state index contributed by atoms with van der Waals surface area (Å²) in [7, 11) is 0. The SMILES string of the molecule is CCCCC(CC)Cc1cc(C)cc2ccc(C)cc12. The molecule has 0 saturated carbocycles. The van der Waals surface area contributed by atoms with Crippen molar-refractivity contribution in [1.29, 1.82) is 0 Å². The minimum atomic E-state index is 0.834. The number of fused-ring (bicyclic) bond motifs is 1. The highest BCUT2D eigenvalue weighted by Gasteiger charge is 2.10. The van der Waals surface area contributed by atoms with Crippen LogP contribution in [0.1, 0.15) is 56.2 Å². The first-order valence-corrected chi connectivity index (χ1v) is 8.14. The van der Waals surface area contributed by atoms with Crippen LogP contribution in [-0.4, -0.2) is 0 Å². The van der Waals surface area contributed by atoms with E-state index in [1.807, 2.05) is 0 Å². The van der Waals surface area contributed by atoms with Crippen molar-refractivity contribution in [2.24, 2.45) is 5.92 Å². The average molecular weight is 268 g/mol. The van der Waals surface area contributed by atoms with Gasteiger partial charge in [-0.1, -0.05) is 81.0 Å². The largest absolute Gasteiger partial charge is 0.0654 e. The molecule has 0 aliphatic rings. The van der Waals surface area contributed by atoms with Crippen molar-refractivity contribution in [3.05, 3.63) is 47.0 Å². The fourth-order valence-electron chi connectivity index (χ4n) is 3.14. The molecule has 1 atom stereocenters. The summed E-state index contributed by atoms with van der Waals surface area (Å²) in [5.41, 5.74) is 4.30. The quantitative estimate of drug-likeness (QED) is 0.583. The highest BCUT2D eigenvalue weighted by atomic mass is 14.2. The topological polar surface area (TPSA) is 0 Å². The van der Waals surface area contributed by atoms with Gasteiger partial charge in [0.25, 0.3) is 0 Å². The zero-order valence-corrected chi connectivity index (χ0v) is 13.5. The van der Waals surface area contributed by atoms with Gasteiger partial charge in [0.1, 0.15) is 0 Å². The number of benzene rings is 2. The monoisotopic (exact) mass is 268 g/mol. The lowest BCUT2D eigenvalue weighted by Crippen LogP contribution is -2.04. The van der Waals surface area contributed by atoms with E-state index in [1.165, 1.54) is 54.0 Å². The van der Waals surface area contributed by atoms with Crippen molar-refractivity contribution in [3.63, 3.8) is 0 Å². The van der Waals surface area contributed by atoms with E-state index in [0.717, 1.165) is 5.92 Å². The zero-order valence-electron chi connectivity index (χ0n) is 13.5. The number of unbranched alkanes of at least 4 members (excludes halogenated alkanes) is 1. The van der Waals surface area contributed by atoms with E-state index < -0.39 is 0 Å². The summed E-state index contributed by atoms with van der Waals surface area (Å²) in [5, 5.41) is 2.86. The maximum absolute atomic E-state index is 2.40. The molecule has 0 aliphatic carbocycles. The molecular weight excluding hydrogens is 240 g/mol. The lowest BCUT2D eigenvalue weighted by molar-refractivity contribution is 0.450. The number of rotatable bonds is 6. The van der Waals surface area contributed by atoms with Gasteiger partial charge in [-0.05, 0) is 42.5 Å². The molecule has 0 heterocycles. The summed E-state index contributed by atoms with van der Waals surface area (Å²) in [6.45, 7) is 9.04. The van der Waals surface area contributed by atoms with Crippen LogP contribution in [0.5, 0.6) is 0 Å². The summed E-state index contributed by atoms with van der Waals surface area (Å²) in [6.07, 6.45) is 6.57. The van der Waals surface area contributed by atoms with Crippen LogP contribution < -0.4 is 0 Å². The Kier molecular flexibility index (Phi) is 5.23. The molecule has 0 heteroatoms. The molecule has 0 radical (unpaired) electrons. The second-order valence-electron chi connectivity index (χ2n) is 6.27. The fourth-order valence-corrected chi connectivity index (χ4v) is 3.14. The van der Waals surface area contributed by atoms with Crippen LogP contribution in [0.2, 0.25) is 0 Å². The van der Waals surface area contributed by atoms with Crippen LogP contribution in [0.15, 0.2) is 30.3 Å². The first-order chi connectivity index (χ1) is 9.63. The van der Waals surface area contributed by atoms with Gasteiger partial charge in [0, 0.05) is 0 Å². The van der Waals surface area contributed by atoms with Crippen LogP contribution in [0, 0.1) is 19.8 Å². The molecule has 0 saturated heterocycles. The van der Waals surface area contributed by atoms with Crippen molar-refractivity contribution in [2.75, 3.05) is 0 Å². The third-order valence-electron chi connectivity index (χ3n) is 4.39. The first kappa shape index (κ1) is 15.1. The summed E-state index contributed by atoms with van der Waals surface area (Å²) in [5.74, 6) is 0.834. The second-order valence-corrected chi connectivity index (χ2v) is 6.27. The molecule has 0 amide bonds. The second kappa shape index (κ2) is 6.92. The van der Waals surface area contributed by atoms with E-state index in [1.54, 1.807) is 5.56 Å². The summed E-state index contributed by atoms with van der Waals surface area (Å²) in [6, 6.07) is 11.6. The Morgan fingerprint density at radius 3 is 2.45 bits per heavy atom. The van der Waals surface area contributed by atoms with Crippen molar-refractivity contribution >= 4 is 10.8 Å². The average Bonchev–Trinajstić information content (AvgIpc) is 2.43. The molecule has 0 spiro atoms. The predicted octanol–water partition coefficient (Wildman–Crippen LogP) is 6.22. The summed E-state index contributed by atoms with van der Waals surface area (Å²) >= 11 is 0. The van der Waals surface area contributed by atoms with Gasteiger partial charge in [0.2, 0.25) is 0 Å². The third-order valence-corrected chi connectivity index (χ3v) is 4.39. The molecule has 108 valence electrons. The van der Waals surface area contributed by atoms with E-state index in [9.17, 15) is 0 Å². The van der Waals surface area contributed by atoms with E-state index in [2.05, 4.69) is 58.0 Å². The van der Waals surface area contributed by atoms with E-state index in [-0.39, 0.29) is 0 Å². The van der Waals surface area contributed by atoms with Gasteiger partial charge in [-0.15, -0.1) is 0 Å². The molecule has 0 nitrogen and oxygen atoms in total. The summed E-state index contributed by atoms with van der Waals surface area (Å²) in [4.78, 5) is 0. The molecule has 0 fully saturated rings. The smallest absolute Gasteiger partial charge is 0.0149 e. The van der Waals surface area contributed by atoms with Crippen LogP contribution in [0.25, 0.3) is 10.8 Å². The molecule has 0 aliphatic heterocycles. The highest BCUT2D eigenvalue weighted by molar-refractivity contribution is 5.87. The number of hydrogen-bond acceptors (Lipinski definition) is 0. The van der Waals surface area contributed by atoms with E-state index in [0.29, 0.717) is 0 Å². The Bertz CT molecular complexity index is 566. The van der Waals surface area contributed by atoms with Crippen LogP contribution in [-0.2, 0) is 6.42 Å². The molecule has 1 unspecified atom stereocenters.